The molecule has 0 saturated heterocycles. The number of ether oxygens (including phenoxy) is 1. The summed E-state index contributed by atoms with van der Waals surface area (Å²) in [6, 6.07) is 0. The Morgan fingerprint density at radius 3 is 1.93 bits per heavy atom. The molecule has 1 nitrogen and oxygen atoms in total. The standard InChI is InChI=1S/C8H9F3O.C2H6/c1-4-5-7(6(2)3)12-8(9,10)11;1-2/h4-5H,1-2H2,3H3;1-2H3/b7-5+;. The third-order valence-corrected chi connectivity index (χ3v) is 0.916. The molecule has 0 spiro atoms. The minimum Gasteiger partial charge on any atom is -0.406 e. The third kappa shape index (κ3) is 8.90. The van der Waals surface area contributed by atoms with Crippen LogP contribution in [0, 0.1) is 0 Å². The molecule has 0 aliphatic rings. The van der Waals surface area contributed by atoms with Gasteiger partial charge in [-0.15, -0.1) is 13.2 Å². The van der Waals surface area contributed by atoms with Crippen LogP contribution in [0.2, 0.25) is 0 Å². The van der Waals surface area contributed by atoms with Crippen LogP contribution in [0.25, 0.3) is 0 Å². The van der Waals surface area contributed by atoms with E-state index in [9.17, 15) is 13.2 Å². The maximum absolute atomic E-state index is 11.7. The number of halogens is 3. The number of allylic oxidation sites excluding steroid dienone is 3. The van der Waals surface area contributed by atoms with E-state index in [1.165, 1.54) is 13.0 Å². The van der Waals surface area contributed by atoms with E-state index in [1.807, 2.05) is 13.8 Å². The summed E-state index contributed by atoms with van der Waals surface area (Å²) in [6.45, 7) is 12.0. The molecule has 0 radical (unpaired) electrons. The summed E-state index contributed by atoms with van der Waals surface area (Å²) in [5.41, 5.74) is 0.201. The summed E-state index contributed by atoms with van der Waals surface area (Å²) >= 11 is 0. The quantitative estimate of drug-likeness (QED) is 0.499. The molecule has 4 heteroatoms. The van der Waals surface area contributed by atoms with Crippen LogP contribution in [-0.2, 0) is 4.74 Å². The largest absolute Gasteiger partial charge is 0.573 e. The molecule has 0 heterocycles. The summed E-state index contributed by atoms with van der Waals surface area (Å²) in [5, 5.41) is 0. The normalized spacial score (nSPS) is 11.1. The summed E-state index contributed by atoms with van der Waals surface area (Å²) < 4.78 is 38.6. The number of hydrogen-bond donors (Lipinski definition) is 0. The fourth-order valence-electron chi connectivity index (χ4n) is 0.495. The van der Waals surface area contributed by atoms with Crippen molar-refractivity contribution in [2.75, 3.05) is 0 Å². The molecule has 0 saturated carbocycles. The van der Waals surface area contributed by atoms with Crippen molar-refractivity contribution >= 4 is 0 Å². The molecule has 82 valence electrons. The first-order chi connectivity index (χ1) is 6.37. The van der Waals surface area contributed by atoms with Crippen LogP contribution in [0.5, 0.6) is 0 Å². The number of rotatable bonds is 3. The Morgan fingerprint density at radius 1 is 1.29 bits per heavy atom. The van der Waals surface area contributed by atoms with Gasteiger partial charge in [0.05, 0.1) is 0 Å². The van der Waals surface area contributed by atoms with Gasteiger partial charge >= 0.3 is 6.36 Å². The van der Waals surface area contributed by atoms with Crippen LogP contribution in [-0.4, -0.2) is 6.36 Å². The zero-order valence-corrected chi connectivity index (χ0v) is 8.61. The van der Waals surface area contributed by atoms with Crippen LogP contribution in [0.15, 0.2) is 36.6 Å². The lowest BCUT2D eigenvalue weighted by Crippen LogP contribution is -2.13. The number of hydrogen-bond acceptors (Lipinski definition) is 1. The predicted octanol–water partition coefficient (Wildman–Crippen LogP) is 4.20. The van der Waals surface area contributed by atoms with Crippen LogP contribution in [0.1, 0.15) is 20.8 Å². The summed E-state index contributed by atoms with van der Waals surface area (Å²) in [7, 11) is 0. The lowest BCUT2D eigenvalue weighted by atomic mass is 10.3. The second-order valence-electron chi connectivity index (χ2n) is 2.09. The van der Waals surface area contributed by atoms with Gasteiger partial charge in [0.2, 0.25) is 0 Å². The van der Waals surface area contributed by atoms with Gasteiger partial charge in [-0.05, 0) is 18.6 Å². The van der Waals surface area contributed by atoms with Crippen molar-refractivity contribution in [2.24, 2.45) is 0 Å². The van der Waals surface area contributed by atoms with Crippen LogP contribution in [0.3, 0.4) is 0 Å². The lowest BCUT2D eigenvalue weighted by Gasteiger charge is -2.11. The zero-order valence-electron chi connectivity index (χ0n) is 8.61. The molecule has 0 atom stereocenters. The molecule has 0 rings (SSSR count). The maximum atomic E-state index is 11.7. The molecule has 14 heavy (non-hydrogen) atoms. The second-order valence-corrected chi connectivity index (χ2v) is 2.09. The highest BCUT2D eigenvalue weighted by Gasteiger charge is 2.31. The molecule has 0 fully saturated rings. The van der Waals surface area contributed by atoms with E-state index in [0.29, 0.717) is 0 Å². The molecular formula is C10H15F3O. The minimum absolute atomic E-state index is 0.201. The molecule has 0 N–H and O–H groups in total. The second kappa shape index (κ2) is 7.24. The van der Waals surface area contributed by atoms with Gasteiger partial charge in [-0.25, -0.2) is 0 Å². The zero-order chi connectivity index (χ0) is 11.8. The topological polar surface area (TPSA) is 9.23 Å². The first-order valence-corrected chi connectivity index (χ1v) is 4.11. The molecular weight excluding hydrogens is 193 g/mol. The highest BCUT2D eigenvalue weighted by molar-refractivity contribution is 5.23. The van der Waals surface area contributed by atoms with Gasteiger partial charge in [-0.1, -0.05) is 33.1 Å². The summed E-state index contributed by atoms with van der Waals surface area (Å²) in [6.07, 6.45) is -2.36. The molecule has 0 bridgehead atoms. The monoisotopic (exact) mass is 208 g/mol. The van der Waals surface area contributed by atoms with E-state index in [4.69, 9.17) is 0 Å². The van der Waals surface area contributed by atoms with Gasteiger partial charge in [-0.2, -0.15) is 0 Å². The van der Waals surface area contributed by atoms with Crippen molar-refractivity contribution in [3.8, 4) is 0 Å². The van der Waals surface area contributed by atoms with Crippen LogP contribution >= 0.6 is 0 Å². The first kappa shape index (κ1) is 15.3. The molecule has 0 unspecified atom stereocenters. The van der Waals surface area contributed by atoms with Crippen molar-refractivity contribution in [3.63, 3.8) is 0 Å². The molecule has 0 aromatic rings. The summed E-state index contributed by atoms with van der Waals surface area (Å²) in [4.78, 5) is 0. The van der Waals surface area contributed by atoms with Crippen molar-refractivity contribution in [2.45, 2.75) is 27.1 Å². The summed E-state index contributed by atoms with van der Waals surface area (Å²) in [5.74, 6) is -0.322. The predicted molar refractivity (Wildman–Crippen MR) is 51.6 cm³/mol. The van der Waals surface area contributed by atoms with Crippen molar-refractivity contribution < 1.29 is 17.9 Å². The molecule has 0 aliphatic carbocycles. The van der Waals surface area contributed by atoms with Gasteiger partial charge in [0, 0.05) is 0 Å². The minimum atomic E-state index is -4.67. The Balaban J connectivity index is 0. The van der Waals surface area contributed by atoms with Gasteiger partial charge in [-0.3, -0.25) is 0 Å². The van der Waals surface area contributed by atoms with Gasteiger partial charge in [0.1, 0.15) is 5.76 Å². The van der Waals surface area contributed by atoms with Crippen molar-refractivity contribution in [3.05, 3.63) is 36.6 Å². The van der Waals surface area contributed by atoms with Crippen LogP contribution < -0.4 is 0 Å². The van der Waals surface area contributed by atoms with E-state index in [2.05, 4.69) is 17.9 Å². The molecule has 0 aliphatic heterocycles. The van der Waals surface area contributed by atoms with E-state index in [1.54, 1.807) is 0 Å². The van der Waals surface area contributed by atoms with Crippen molar-refractivity contribution in [1.82, 2.24) is 0 Å². The smallest absolute Gasteiger partial charge is 0.406 e. The van der Waals surface area contributed by atoms with E-state index < -0.39 is 6.36 Å². The highest BCUT2D eigenvalue weighted by Crippen LogP contribution is 2.23. The molecule has 0 aromatic heterocycles. The highest BCUT2D eigenvalue weighted by atomic mass is 19.4. The van der Waals surface area contributed by atoms with Gasteiger partial charge < -0.3 is 4.74 Å². The Hall–Kier alpha value is -1.19. The lowest BCUT2D eigenvalue weighted by molar-refractivity contribution is -0.303. The van der Waals surface area contributed by atoms with E-state index >= 15 is 0 Å². The molecule has 0 aromatic carbocycles. The van der Waals surface area contributed by atoms with Gasteiger partial charge in [0.15, 0.2) is 0 Å². The first-order valence-electron chi connectivity index (χ1n) is 4.11. The van der Waals surface area contributed by atoms with E-state index in [-0.39, 0.29) is 11.3 Å². The SMILES string of the molecule is C=C/C=C(/OC(F)(F)F)C(=C)C.CC. The average Bonchev–Trinajstić information content (AvgIpc) is 2.05. The van der Waals surface area contributed by atoms with Crippen LogP contribution in [0.4, 0.5) is 13.2 Å². The third-order valence-electron chi connectivity index (χ3n) is 0.916. The Kier molecular flexibility index (Phi) is 7.90. The molecule has 0 amide bonds. The fourth-order valence-corrected chi connectivity index (χ4v) is 0.495. The Labute approximate surface area is 82.6 Å². The maximum Gasteiger partial charge on any atom is 0.573 e. The average molecular weight is 208 g/mol. The van der Waals surface area contributed by atoms with Crippen molar-refractivity contribution in [1.29, 1.82) is 0 Å². The Morgan fingerprint density at radius 2 is 1.71 bits per heavy atom. The van der Waals surface area contributed by atoms with Gasteiger partial charge in [0.25, 0.3) is 0 Å². The number of alkyl halides is 3. The van der Waals surface area contributed by atoms with E-state index in [0.717, 1.165) is 6.08 Å². The Bertz CT molecular complexity index is 214. The fraction of sp³-hybridized carbons (Fsp3) is 0.400.